The van der Waals surface area contributed by atoms with Crippen LogP contribution in [0.15, 0.2) is 59.8 Å². The lowest BCUT2D eigenvalue weighted by atomic mass is 9.93. The van der Waals surface area contributed by atoms with Gasteiger partial charge >= 0.3 is 6.03 Å². The molecule has 1 atom stereocenters. The predicted octanol–water partition coefficient (Wildman–Crippen LogP) is 2.97. The van der Waals surface area contributed by atoms with E-state index in [1.807, 2.05) is 18.2 Å². The van der Waals surface area contributed by atoms with Gasteiger partial charge < -0.3 is 25.4 Å². The number of allylic oxidation sites excluding steroid dienone is 1. The molecule has 1 heterocycles. The van der Waals surface area contributed by atoms with Crippen molar-refractivity contribution in [3.05, 3.63) is 65.4 Å². The SMILES string of the molecule is COc1cccc([C@H]2NC(=O)NC(C)=C2C(=O)Nc2ccccc2)c1OC. The number of amides is 3. The molecule has 0 radical (unpaired) electrons. The van der Waals surface area contributed by atoms with E-state index in [9.17, 15) is 9.59 Å². The van der Waals surface area contributed by atoms with E-state index in [0.717, 1.165) is 0 Å². The maximum atomic E-state index is 13.0. The number of para-hydroxylation sites is 2. The summed E-state index contributed by atoms with van der Waals surface area (Å²) in [6.07, 6.45) is 0. The van der Waals surface area contributed by atoms with Crippen molar-refractivity contribution in [2.24, 2.45) is 0 Å². The number of rotatable bonds is 5. The number of nitrogens with one attached hydrogen (secondary N) is 3. The average molecular weight is 367 g/mol. The molecule has 1 aliphatic rings. The van der Waals surface area contributed by atoms with Crippen molar-refractivity contribution in [2.45, 2.75) is 13.0 Å². The highest BCUT2D eigenvalue weighted by atomic mass is 16.5. The summed E-state index contributed by atoms with van der Waals surface area (Å²) in [5.41, 5.74) is 2.16. The van der Waals surface area contributed by atoms with Crippen LogP contribution in [0, 0.1) is 0 Å². The Morgan fingerprint density at radius 2 is 1.78 bits per heavy atom. The van der Waals surface area contributed by atoms with Gasteiger partial charge in [0, 0.05) is 16.9 Å². The molecular weight excluding hydrogens is 346 g/mol. The van der Waals surface area contributed by atoms with Gasteiger partial charge in [0.1, 0.15) is 0 Å². The molecule has 3 N–H and O–H groups in total. The predicted molar refractivity (Wildman–Crippen MR) is 102 cm³/mol. The third-order valence-corrected chi connectivity index (χ3v) is 4.29. The van der Waals surface area contributed by atoms with Crippen molar-refractivity contribution in [1.82, 2.24) is 10.6 Å². The number of anilines is 1. The van der Waals surface area contributed by atoms with Crippen LogP contribution in [0.3, 0.4) is 0 Å². The number of carbonyl (C=O) groups is 2. The first-order valence-corrected chi connectivity index (χ1v) is 8.40. The topological polar surface area (TPSA) is 88.7 Å². The zero-order chi connectivity index (χ0) is 19.4. The number of hydrogen-bond acceptors (Lipinski definition) is 4. The minimum atomic E-state index is -0.687. The Morgan fingerprint density at radius 1 is 1.04 bits per heavy atom. The quantitative estimate of drug-likeness (QED) is 0.758. The lowest BCUT2D eigenvalue weighted by molar-refractivity contribution is -0.113. The van der Waals surface area contributed by atoms with Crippen LogP contribution in [0.4, 0.5) is 10.5 Å². The molecule has 1 aliphatic heterocycles. The molecule has 0 spiro atoms. The number of ether oxygens (including phenoxy) is 2. The molecular formula is C20H21N3O4. The smallest absolute Gasteiger partial charge is 0.319 e. The molecule has 3 amide bonds. The number of urea groups is 1. The molecule has 7 heteroatoms. The number of methoxy groups -OCH3 is 2. The van der Waals surface area contributed by atoms with Crippen molar-refractivity contribution in [2.75, 3.05) is 19.5 Å². The number of benzene rings is 2. The Morgan fingerprint density at radius 3 is 2.44 bits per heavy atom. The monoisotopic (exact) mass is 367 g/mol. The van der Waals surface area contributed by atoms with E-state index in [0.29, 0.717) is 34.0 Å². The van der Waals surface area contributed by atoms with Gasteiger partial charge in [0.15, 0.2) is 11.5 Å². The van der Waals surface area contributed by atoms with Gasteiger partial charge in [-0.2, -0.15) is 0 Å². The van der Waals surface area contributed by atoms with Crippen molar-refractivity contribution in [3.63, 3.8) is 0 Å². The summed E-state index contributed by atoms with van der Waals surface area (Å²) >= 11 is 0. The second kappa shape index (κ2) is 7.82. The summed E-state index contributed by atoms with van der Waals surface area (Å²) < 4.78 is 10.8. The van der Waals surface area contributed by atoms with Gasteiger partial charge in [0.2, 0.25) is 0 Å². The number of carbonyl (C=O) groups excluding carboxylic acids is 2. The Labute approximate surface area is 157 Å². The normalized spacial score (nSPS) is 16.3. The summed E-state index contributed by atoms with van der Waals surface area (Å²) in [5.74, 6) is 0.661. The minimum Gasteiger partial charge on any atom is -0.493 e. The Bertz CT molecular complexity index is 893. The van der Waals surface area contributed by atoms with E-state index in [1.165, 1.54) is 14.2 Å². The van der Waals surface area contributed by atoms with Crippen molar-refractivity contribution in [1.29, 1.82) is 0 Å². The third kappa shape index (κ3) is 3.72. The van der Waals surface area contributed by atoms with Crippen LogP contribution in [0.2, 0.25) is 0 Å². The molecule has 27 heavy (non-hydrogen) atoms. The zero-order valence-corrected chi connectivity index (χ0v) is 15.3. The Balaban J connectivity index is 2.04. The molecule has 0 unspecified atom stereocenters. The first-order valence-electron chi connectivity index (χ1n) is 8.40. The first kappa shape index (κ1) is 18.3. The van der Waals surface area contributed by atoms with Gasteiger partial charge in [-0.25, -0.2) is 4.79 Å². The highest BCUT2D eigenvalue weighted by molar-refractivity contribution is 6.06. The maximum absolute atomic E-state index is 13.0. The number of hydrogen-bond donors (Lipinski definition) is 3. The second-order valence-electron chi connectivity index (χ2n) is 5.97. The molecule has 0 bridgehead atoms. The third-order valence-electron chi connectivity index (χ3n) is 4.29. The lowest BCUT2D eigenvalue weighted by Crippen LogP contribution is -2.46. The highest BCUT2D eigenvalue weighted by Gasteiger charge is 2.33. The van der Waals surface area contributed by atoms with E-state index < -0.39 is 12.1 Å². The molecule has 0 saturated carbocycles. The molecule has 0 aromatic heterocycles. The summed E-state index contributed by atoms with van der Waals surface area (Å²) in [6.45, 7) is 1.69. The fraction of sp³-hybridized carbons (Fsp3) is 0.200. The van der Waals surface area contributed by atoms with Crippen LogP contribution in [-0.4, -0.2) is 26.2 Å². The molecule has 0 aliphatic carbocycles. The van der Waals surface area contributed by atoms with Gasteiger partial charge in [-0.3, -0.25) is 4.79 Å². The van der Waals surface area contributed by atoms with E-state index in [4.69, 9.17) is 9.47 Å². The van der Waals surface area contributed by atoms with Gasteiger partial charge in [0.05, 0.1) is 25.8 Å². The maximum Gasteiger partial charge on any atom is 0.319 e. The fourth-order valence-electron chi connectivity index (χ4n) is 3.09. The van der Waals surface area contributed by atoms with E-state index in [1.54, 1.807) is 37.3 Å². The Kier molecular flexibility index (Phi) is 5.30. The van der Waals surface area contributed by atoms with Crippen molar-refractivity contribution in [3.8, 4) is 11.5 Å². The molecule has 0 saturated heterocycles. The average Bonchev–Trinajstić information content (AvgIpc) is 2.67. The summed E-state index contributed by atoms with van der Waals surface area (Å²) in [7, 11) is 3.05. The van der Waals surface area contributed by atoms with E-state index in [2.05, 4.69) is 16.0 Å². The standard InChI is InChI=1S/C20H21N3O4/c1-12-16(19(24)22-13-8-5-4-6-9-13)17(23-20(25)21-12)14-10-7-11-15(26-2)18(14)27-3/h4-11,17H,1-3H3,(H,22,24)(H2,21,23,25)/t17-/m1/s1. The summed E-state index contributed by atoms with van der Waals surface area (Å²) in [4.78, 5) is 25.1. The first-order chi connectivity index (χ1) is 13.0. The van der Waals surface area contributed by atoms with E-state index >= 15 is 0 Å². The lowest BCUT2D eigenvalue weighted by Gasteiger charge is -2.30. The molecule has 2 aromatic carbocycles. The van der Waals surface area contributed by atoms with Gasteiger partial charge in [-0.1, -0.05) is 30.3 Å². The molecule has 3 rings (SSSR count). The molecule has 2 aromatic rings. The van der Waals surface area contributed by atoms with Crippen molar-refractivity contribution >= 4 is 17.6 Å². The van der Waals surface area contributed by atoms with Crippen LogP contribution in [0.25, 0.3) is 0 Å². The summed E-state index contributed by atoms with van der Waals surface area (Å²) in [5, 5.41) is 8.32. The van der Waals surface area contributed by atoms with Crippen LogP contribution < -0.4 is 25.4 Å². The van der Waals surface area contributed by atoms with Crippen LogP contribution in [0.5, 0.6) is 11.5 Å². The molecule has 140 valence electrons. The zero-order valence-electron chi connectivity index (χ0n) is 15.3. The van der Waals surface area contributed by atoms with Gasteiger partial charge in [0.25, 0.3) is 5.91 Å². The summed E-state index contributed by atoms with van der Waals surface area (Å²) in [6, 6.07) is 13.4. The Hall–Kier alpha value is -3.48. The van der Waals surface area contributed by atoms with Gasteiger partial charge in [-0.15, -0.1) is 0 Å². The highest BCUT2D eigenvalue weighted by Crippen LogP contribution is 2.38. The van der Waals surface area contributed by atoms with Crippen LogP contribution in [0.1, 0.15) is 18.5 Å². The second-order valence-corrected chi connectivity index (χ2v) is 5.97. The van der Waals surface area contributed by atoms with Crippen LogP contribution >= 0.6 is 0 Å². The fourth-order valence-corrected chi connectivity index (χ4v) is 3.09. The van der Waals surface area contributed by atoms with Crippen molar-refractivity contribution < 1.29 is 19.1 Å². The molecule has 7 nitrogen and oxygen atoms in total. The molecule has 0 fully saturated rings. The minimum absolute atomic E-state index is 0.318. The largest absolute Gasteiger partial charge is 0.493 e. The van der Waals surface area contributed by atoms with Gasteiger partial charge in [-0.05, 0) is 25.1 Å². The van der Waals surface area contributed by atoms with Crippen LogP contribution in [-0.2, 0) is 4.79 Å². The van der Waals surface area contributed by atoms with E-state index in [-0.39, 0.29) is 5.91 Å².